The Morgan fingerprint density at radius 3 is 2.33 bits per heavy atom. The lowest BCUT2D eigenvalue weighted by molar-refractivity contribution is 0.102. The maximum atomic E-state index is 13.0. The molecule has 0 unspecified atom stereocenters. The molecule has 1 heterocycles. The van der Waals surface area contributed by atoms with E-state index < -0.39 is 10.0 Å². The van der Waals surface area contributed by atoms with Crippen molar-refractivity contribution in [3.63, 3.8) is 0 Å². The highest BCUT2D eigenvalue weighted by atomic mass is 32.2. The molecule has 1 aliphatic rings. The predicted molar refractivity (Wildman–Crippen MR) is 105 cm³/mol. The first-order valence-electron chi connectivity index (χ1n) is 8.98. The third-order valence-corrected chi connectivity index (χ3v) is 6.77. The SMILES string of the molecule is COc1ccc(C(=O)Nc2ccc(C)c(S(=O)(=O)N3CCCCC3)c2)cc1. The molecule has 7 heteroatoms. The molecule has 0 atom stereocenters. The van der Waals surface area contributed by atoms with E-state index >= 15 is 0 Å². The Kier molecular flexibility index (Phi) is 5.82. The van der Waals surface area contributed by atoms with Crippen LogP contribution in [0.15, 0.2) is 47.4 Å². The maximum Gasteiger partial charge on any atom is 0.255 e. The van der Waals surface area contributed by atoms with Gasteiger partial charge in [-0.1, -0.05) is 12.5 Å². The van der Waals surface area contributed by atoms with Crippen molar-refractivity contribution in [2.24, 2.45) is 0 Å². The molecule has 1 aliphatic heterocycles. The maximum absolute atomic E-state index is 13.0. The minimum atomic E-state index is -3.56. The van der Waals surface area contributed by atoms with E-state index in [1.54, 1.807) is 56.5 Å². The van der Waals surface area contributed by atoms with Gasteiger partial charge >= 0.3 is 0 Å². The van der Waals surface area contributed by atoms with Crippen LogP contribution in [0, 0.1) is 6.92 Å². The number of amides is 1. The van der Waals surface area contributed by atoms with Crippen LogP contribution in [-0.2, 0) is 10.0 Å². The molecule has 0 saturated carbocycles. The van der Waals surface area contributed by atoms with Gasteiger partial charge < -0.3 is 10.1 Å². The van der Waals surface area contributed by atoms with Crippen LogP contribution in [0.25, 0.3) is 0 Å². The lowest BCUT2D eigenvalue weighted by Gasteiger charge is -2.26. The van der Waals surface area contributed by atoms with Crippen molar-refractivity contribution in [1.82, 2.24) is 4.31 Å². The second kappa shape index (κ2) is 8.10. The van der Waals surface area contributed by atoms with Crippen LogP contribution in [-0.4, -0.2) is 38.8 Å². The molecule has 1 amide bonds. The highest BCUT2D eigenvalue weighted by Crippen LogP contribution is 2.26. The van der Waals surface area contributed by atoms with Crippen molar-refractivity contribution in [3.05, 3.63) is 53.6 Å². The largest absolute Gasteiger partial charge is 0.497 e. The lowest BCUT2D eigenvalue weighted by Crippen LogP contribution is -2.36. The summed E-state index contributed by atoms with van der Waals surface area (Å²) in [6.07, 6.45) is 2.82. The fourth-order valence-corrected chi connectivity index (χ4v) is 4.91. The highest BCUT2D eigenvalue weighted by molar-refractivity contribution is 7.89. The number of aryl methyl sites for hydroxylation is 1. The van der Waals surface area contributed by atoms with Gasteiger partial charge in [0.2, 0.25) is 10.0 Å². The van der Waals surface area contributed by atoms with E-state index in [0.29, 0.717) is 35.7 Å². The number of benzene rings is 2. The molecule has 1 fully saturated rings. The van der Waals surface area contributed by atoms with Crippen LogP contribution in [0.3, 0.4) is 0 Å². The van der Waals surface area contributed by atoms with Crippen molar-refractivity contribution in [2.75, 3.05) is 25.5 Å². The van der Waals surface area contributed by atoms with Crippen LogP contribution >= 0.6 is 0 Å². The van der Waals surface area contributed by atoms with Gasteiger partial charge in [-0.3, -0.25) is 4.79 Å². The average Bonchev–Trinajstić information content (AvgIpc) is 2.70. The molecular formula is C20H24N2O4S. The van der Waals surface area contributed by atoms with Gasteiger partial charge in [-0.15, -0.1) is 0 Å². The number of anilines is 1. The fraction of sp³-hybridized carbons (Fsp3) is 0.350. The summed E-state index contributed by atoms with van der Waals surface area (Å²) in [5.74, 6) is 0.361. The van der Waals surface area contributed by atoms with E-state index in [1.165, 1.54) is 4.31 Å². The Morgan fingerprint density at radius 1 is 1.04 bits per heavy atom. The number of ether oxygens (including phenoxy) is 1. The summed E-state index contributed by atoms with van der Waals surface area (Å²) < 4.78 is 32.6. The number of nitrogens with one attached hydrogen (secondary N) is 1. The van der Waals surface area contributed by atoms with Gasteiger partial charge in [-0.2, -0.15) is 4.31 Å². The van der Waals surface area contributed by atoms with Crippen LogP contribution < -0.4 is 10.1 Å². The molecule has 0 bridgehead atoms. The fourth-order valence-electron chi connectivity index (χ4n) is 3.15. The van der Waals surface area contributed by atoms with Crippen molar-refractivity contribution in [3.8, 4) is 5.75 Å². The van der Waals surface area contributed by atoms with Crippen LogP contribution in [0.1, 0.15) is 35.2 Å². The summed E-state index contributed by atoms with van der Waals surface area (Å²) in [6.45, 7) is 2.86. The lowest BCUT2D eigenvalue weighted by atomic mass is 10.2. The van der Waals surface area contributed by atoms with Gasteiger partial charge in [0.1, 0.15) is 5.75 Å². The monoisotopic (exact) mass is 388 g/mol. The van der Waals surface area contributed by atoms with Gasteiger partial charge in [0.15, 0.2) is 0 Å². The van der Waals surface area contributed by atoms with Crippen molar-refractivity contribution in [2.45, 2.75) is 31.1 Å². The minimum absolute atomic E-state index is 0.247. The zero-order valence-electron chi connectivity index (χ0n) is 15.6. The topological polar surface area (TPSA) is 75.7 Å². The Hall–Kier alpha value is -2.38. The molecule has 0 aliphatic carbocycles. The van der Waals surface area contributed by atoms with E-state index in [-0.39, 0.29) is 10.8 Å². The first-order valence-corrected chi connectivity index (χ1v) is 10.4. The first kappa shape index (κ1) is 19.4. The third kappa shape index (κ3) is 4.31. The number of sulfonamides is 1. The summed E-state index contributed by atoms with van der Waals surface area (Å²) in [5, 5.41) is 2.78. The summed E-state index contributed by atoms with van der Waals surface area (Å²) in [5.41, 5.74) is 1.59. The average molecular weight is 388 g/mol. The Balaban J connectivity index is 1.83. The second-order valence-electron chi connectivity index (χ2n) is 6.63. The molecule has 0 spiro atoms. The van der Waals surface area contributed by atoms with Gasteiger partial charge in [0.05, 0.1) is 12.0 Å². The molecule has 0 radical (unpaired) electrons. The molecule has 1 saturated heterocycles. The van der Waals surface area contributed by atoms with Gasteiger partial charge in [0, 0.05) is 24.3 Å². The van der Waals surface area contributed by atoms with Crippen LogP contribution in [0.4, 0.5) is 5.69 Å². The molecule has 27 heavy (non-hydrogen) atoms. The quantitative estimate of drug-likeness (QED) is 0.851. The normalized spacial score (nSPS) is 15.3. The summed E-state index contributed by atoms with van der Waals surface area (Å²) in [4.78, 5) is 12.7. The van der Waals surface area contributed by atoms with E-state index in [0.717, 1.165) is 19.3 Å². The van der Waals surface area contributed by atoms with Crippen molar-refractivity contribution >= 4 is 21.6 Å². The summed E-state index contributed by atoms with van der Waals surface area (Å²) >= 11 is 0. The Morgan fingerprint density at radius 2 is 1.70 bits per heavy atom. The number of carbonyl (C=O) groups is 1. The van der Waals surface area contributed by atoms with Gasteiger partial charge in [-0.25, -0.2) is 8.42 Å². The number of piperidine rings is 1. The molecule has 3 rings (SSSR count). The molecule has 2 aromatic carbocycles. The Bertz CT molecular complexity index is 917. The van der Waals surface area contributed by atoms with Crippen molar-refractivity contribution < 1.29 is 17.9 Å². The van der Waals surface area contributed by atoms with E-state index in [9.17, 15) is 13.2 Å². The summed E-state index contributed by atoms with van der Waals surface area (Å²) in [7, 11) is -2.00. The molecule has 6 nitrogen and oxygen atoms in total. The van der Waals surface area contributed by atoms with E-state index in [1.807, 2.05) is 0 Å². The van der Waals surface area contributed by atoms with Gasteiger partial charge in [0.25, 0.3) is 5.91 Å². The molecule has 0 aromatic heterocycles. The Labute approximate surface area is 160 Å². The van der Waals surface area contributed by atoms with E-state index in [2.05, 4.69) is 5.32 Å². The standard InChI is InChI=1S/C20H24N2O4S/c1-15-6-9-17(21-20(23)16-7-10-18(26-2)11-8-16)14-19(15)27(24,25)22-12-4-3-5-13-22/h6-11,14H,3-5,12-13H2,1-2H3,(H,21,23). The zero-order chi connectivity index (χ0) is 19.4. The third-order valence-electron chi connectivity index (χ3n) is 4.73. The zero-order valence-corrected chi connectivity index (χ0v) is 16.4. The van der Waals surface area contributed by atoms with Gasteiger partial charge in [-0.05, 0) is 61.7 Å². The molecular weight excluding hydrogens is 364 g/mol. The number of nitrogens with zero attached hydrogens (tertiary/aromatic N) is 1. The number of methoxy groups -OCH3 is 1. The second-order valence-corrected chi connectivity index (χ2v) is 8.53. The molecule has 2 aromatic rings. The number of hydrogen-bond donors (Lipinski definition) is 1. The van der Waals surface area contributed by atoms with Crippen LogP contribution in [0.5, 0.6) is 5.75 Å². The van der Waals surface area contributed by atoms with Crippen molar-refractivity contribution in [1.29, 1.82) is 0 Å². The smallest absolute Gasteiger partial charge is 0.255 e. The van der Waals surface area contributed by atoms with Crippen LogP contribution in [0.2, 0.25) is 0 Å². The van der Waals surface area contributed by atoms with E-state index in [4.69, 9.17) is 4.74 Å². The molecule has 1 N–H and O–H groups in total. The number of hydrogen-bond acceptors (Lipinski definition) is 4. The number of rotatable bonds is 5. The minimum Gasteiger partial charge on any atom is -0.497 e. The summed E-state index contributed by atoms with van der Waals surface area (Å²) in [6, 6.07) is 11.7. The molecule has 144 valence electrons. The number of carbonyl (C=O) groups excluding carboxylic acids is 1. The highest BCUT2D eigenvalue weighted by Gasteiger charge is 2.27. The first-order chi connectivity index (χ1) is 12.9. The predicted octanol–water partition coefficient (Wildman–Crippen LogP) is 3.43.